The number of esters is 1. The molecule has 1 amide bonds. The number of carbonyl (C=O) groups is 2. The number of ether oxygens (including phenoxy) is 1. The molecule has 0 atom stereocenters. The van der Waals surface area contributed by atoms with Gasteiger partial charge >= 0.3 is 5.97 Å². The van der Waals surface area contributed by atoms with Gasteiger partial charge in [0.1, 0.15) is 0 Å². The molecular weight excluding hydrogens is 325 g/mol. The van der Waals surface area contributed by atoms with Crippen molar-refractivity contribution < 1.29 is 14.3 Å². The molecule has 0 saturated carbocycles. The van der Waals surface area contributed by atoms with E-state index >= 15 is 0 Å². The lowest BCUT2D eigenvalue weighted by molar-refractivity contribution is -0.148. The van der Waals surface area contributed by atoms with E-state index in [2.05, 4.69) is 0 Å². The number of aryl methyl sites for hydroxylation is 1. The van der Waals surface area contributed by atoms with Gasteiger partial charge < -0.3 is 9.64 Å². The molecule has 1 fully saturated rings. The van der Waals surface area contributed by atoms with Gasteiger partial charge in [0.2, 0.25) is 5.91 Å². The van der Waals surface area contributed by atoms with E-state index in [-0.39, 0.29) is 17.8 Å². The fraction of sp³-hybridized carbons (Fsp3) is 0.500. The van der Waals surface area contributed by atoms with Crippen molar-refractivity contribution in [1.82, 2.24) is 4.90 Å². The molecule has 1 aliphatic heterocycles. The number of benzene rings is 1. The molecule has 0 aromatic heterocycles. The fourth-order valence-corrected chi connectivity index (χ4v) is 3.16. The van der Waals surface area contributed by atoms with Crippen molar-refractivity contribution in [1.29, 1.82) is 0 Å². The van der Waals surface area contributed by atoms with Gasteiger partial charge in [0.15, 0.2) is 0 Å². The van der Waals surface area contributed by atoms with E-state index < -0.39 is 0 Å². The number of methoxy groups -OCH3 is 1. The molecule has 0 spiro atoms. The molecule has 0 bridgehead atoms. The number of piperidine rings is 1. The second kappa shape index (κ2) is 7.84. The Hall–Kier alpha value is -1.26. The van der Waals surface area contributed by atoms with Crippen LogP contribution in [0, 0.1) is 5.92 Å². The molecule has 1 aliphatic rings. The molecule has 0 N–H and O–H groups in total. The Morgan fingerprint density at radius 2 is 1.95 bits per heavy atom. The topological polar surface area (TPSA) is 46.6 Å². The van der Waals surface area contributed by atoms with Gasteiger partial charge in [0.05, 0.1) is 13.0 Å². The Balaban J connectivity index is 1.82. The molecule has 1 heterocycles. The summed E-state index contributed by atoms with van der Waals surface area (Å²) in [7, 11) is 1.40. The number of carbonyl (C=O) groups excluding carboxylic acids is 2. The monoisotopic (exact) mass is 343 g/mol. The summed E-state index contributed by atoms with van der Waals surface area (Å²) in [6.07, 6.45) is 2.33. The lowest BCUT2D eigenvalue weighted by atomic mass is 9.96. The smallest absolute Gasteiger partial charge is 0.308 e. The van der Waals surface area contributed by atoms with E-state index in [9.17, 15) is 9.59 Å². The first-order chi connectivity index (χ1) is 10.5. The van der Waals surface area contributed by atoms with Crippen LogP contribution in [-0.2, 0) is 20.7 Å². The minimum Gasteiger partial charge on any atom is -0.469 e. The predicted octanol–water partition coefficient (Wildman–Crippen LogP) is 3.34. The van der Waals surface area contributed by atoms with E-state index in [0.717, 1.165) is 5.56 Å². The van der Waals surface area contributed by atoms with E-state index in [1.807, 2.05) is 11.0 Å². The van der Waals surface area contributed by atoms with Crippen LogP contribution in [0.15, 0.2) is 18.2 Å². The standard InChI is InChI=1S/C16H19Cl2NO3/c1-22-16(21)12-6-8-19(9-7-12)15(20)5-3-11-2-4-13(17)10-14(11)18/h2,4,10,12H,3,5-9H2,1H3. The average Bonchev–Trinajstić information content (AvgIpc) is 2.53. The van der Waals surface area contributed by atoms with Crippen LogP contribution in [0.3, 0.4) is 0 Å². The molecule has 22 heavy (non-hydrogen) atoms. The van der Waals surface area contributed by atoms with Crippen molar-refractivity contribution in [3.63, 3.8) is 0 Å². The number of amides is 1. The molecule has 2 rings (SSSR count). The Bertz CT molecular complexity index is 554. The van der Waals surface area contributed by atoms with Gasteiger partial charge in [-0.25, -0.2) is 0 Å². The second-order valence-electron chi connectivity index (χ2n) is 5.41. The van der Waals surface area contributed by atoms with Crippen LogP contribution in [0.2, 0.25) is 10.0 Å². The van der Waals surface area contributed by atoms with Gasteiger partial charge in [0.25, 0.3) is 0 Å². The third-order valence-corrected chi connectivity index (χ3v) is 4.59. The largest absolute Gasteiger partial charge is 0.469 e. The lowest BCUT2D eigenvalue weighted by Gasteiger charge is -2.30. The highest BCUT2D eigenvalue weighted by molar-refractivity contribution is 6.35. The van der Waals surface area contributed by atoms with Gasteiger partial charge in [0, 0.05) is 29.6 Å². The summed E-state index contributed by atoms with van der Waals surface area (Å²) in [6.45, 7) is 1.21. The summed E-state index contributed by atoms with van der Waals surface area (Å²) in [5, 5.41) is 1.18. The SMILES string of the molecule is COC(=O)C1CCN(C(=O)CCc2ccc(Cl)cc2Cl)CC1. The summed E-state index contributed by atoms with van der Waals surface area (Å²) in [4.78, 5) is 25.5. The maximum Gasteiger partial charge on any atom is 0.308 e. The maximum absolute atomic E-state index is 12.2. The van der Waals surface area contributed by atoms with Crippen molar-refractivity contribution in [2.24, 2.45) is 5.92 Å². The maximum atomic E-state index is 12.2. The zero-order valence-corrected chi connectivity index (χ0v) is 14.0. The summed E-state index contributed by atoms with van der Waals surface area (Å²) in [6, 6.07) is 5.31. The fourth-order valence-electron chi connectivity index (χ4n) is 2.66. The summed E-state index contributed by atoms with van der Waals surface area (Å²) in [5.41, 5.74) is 0.920. The van der Waals surface area contributed by atoms with Crippen molar-refractivity contribution in [2.75, 3.05) is 20.2 Å². The first kappa shape index (κ1) is 17.1. The molecule has 120 valence electrons. The van der Waals surface area contributed by atoms with Gasteiger partial charge in [-0.1, -0.05) is 29.3 Å². The molecular formula is C16H19Cl2NO3. The first-order valence-corrected chi connectivity index (χ1v) is 8.06. The van der Waals surface area contributed by atoms with Gasteiger partial charge in [-0.3, -0.25) is 9.59 Å². The molecule has 0 aliphatic carbocycles. The van der Waals surface area contributed by atoms with Crippen molar-refractivity contribution in [3.05, 3.63) is 33.8 Å². The van der Waals surface area contributed by atoms with E-state index in [0.29, 0.717) is 48.8 Å². The summed E-state index contributed by atoms with van der Waals surface area (Å²) >= 11 is 12.0. The van der Waals surface area contributed by atoms with Gasteiger partial charge in [-0.15, -0.1) is 0 Å². The highest BCUT2D eigenvalue weighted by Crippen LogP contribution is 2.23. The first-order valence-electron chi connectivity index (χ1n) is 7.30. The van der Waals surface area contributed by atoms with Crippen LogP contribution < -0.4 is 0 Å². The highest BCUT2D eigenvalue weighted by Gasteiger charge is 2.27. The molecule has 0 radical (unpaired) electrons. The van der Waals surface area contributed by atoms with Crippen molar-refractivity contribution in [3.8, 4) is 0 Å². The minimum atomic E-state index is -0.181. The minimum absolute atomic E-state index is 0.0836. The molecule has 6 heteroatoms. The third-order valence-electron chi connectivity index (χ3n) is 4.01. The zero-order chi connectivity index (χ0) is 16.1. The number of rotatable bonds is 4. The highest BCUT2D eigenvalue weighted by atomic mass is 35.5. The Morgan fingerprint density at radius 3 is 2.55 bits per heavy atom. The normalized spacial score (nSPS) is 15.7. The number of halogens is 2. The molecule has 0 unspecified atom stereocenters. The molecule has 1 saturated heterocycles. The molecule has 4 nitrogen and oxygen atoms in total. The Morgan fingerprint density at radius 1 is 1.27 bits per heavy atom. The van der Waals surface area contributed by atoms with Crippen molar-refractivity contribution in [2.45, 2.75) is 25.7 Å². The van der Waals surface area contributed by atoms with Gasteiger partial charge in [-0.2, -0.15) is 0 Å². The molecule has 1 aromatic rings. The average molecular weight is 344 g/mol. The molecule has 1 aromatic carbocycles. The van der Waals surface area contributed by atoms with Crippen LogP contribution in [0.25, 0.3) is 0 Å². The number of nitrogens with zero attached hydrogens (tertiary/aromatic N) is 1. The number of hydrogen-bond acceptors (Lipinski definition) is 3. The van der Waals surface area contributed by atoms with Crippen LogP contribution in [0.5, 0.6) is 0 Å². The second-order valence-corrected chi connectivity index (χ2v) is 6.26. The predicted molar refractivity (Wildman–Crippen MR) is 86.1 cm³/mol. The number of likely N-dealkylation sites (tertiary alicyclic amines) is 1. The van der Waals surface area contributed by atoms with Crippen molar-refractivity contribution >= 4 is 35.1 Å². The summed E-state index contributed by atoms with van der Waals surface area (Å²) < 4.78 is 4.75. The van der Waals surface area contributed by atoms with E-state index in [1.54, 1.807) is 12.1 Å². The van der Waals surface area contributed by atoms with Crippen LogP contribution in [0.4, 0.5) is 0 Å². The van der Waals surface area contributed by atoms with Crippen LogP contribution in [0.1, 0.15) is 24.8 Å². The van der Waals surface area contributed by atoms with Crippen LogP contribution in [-0.4, -0.2) is 37.0 Å². The third kappa shape index (κ3) is 4.37. The quantitative estimate of drug-likeness (QED) is 0.787. The Kier molecular flexibility index (Phi) is 6.09. The lowest BCUT2D eigenvalue weighted by Crippen LogP contribution is -2.40. The zero-order valence-electron chi connectivity index (χ0n) is 12.5. The number of hydrogen-bond donors (Lipinski definition) is 0. The van der Waals surface area contributed by atoms with Crippen LogP contribution >= 0.6 is 23.2 Å². The Labute approximate surface area is 140 Å². The van der Waals surface area contributed by atoms with E-state index in [4.69, 9.17) is 27.9 Å². The van der Waals surface area contributed by atoms with E-state index in [1.165, 1.54) is 7.11 Å². The van der Waals surface area contributed by atoms with Gasteiger partial charge in [-0.05, 0) is 37.0 Å². The summed E-state index contributed by atoms with van der Waals surface area (Å²) in [5.74, 6) is -0.172.